The zero-order valence-electron chi connectivity index (χ0n) is 13.1. The third kappa shape index (κ3) is 3.99. The van der Waals surface area contributed by atoms with Gasteiger partial charge in [-0.3, -0.25) is 4.79 Å². The minimum Gasteiger partial charge on any atom is -0.451 e. The molecule has 0 radical (unpaired) electrons. The number of benzene rings is 2. The number of amides is 1. The van der Waals surface area contributed by atoms with E-state index in [4.69, 9.17) is 10.2 Å². The van der Waals surface area contributed by atoms with Gasteiger partial charge in [0.1, 0.15) is 5.76 Å². The van der Waals surface area contributed by atoms with Crippen LogP contribution in [-0.4, -0.2) is 5.91 Å². The van der Waals surface area contributed by atoms with E-state index >= 15 is 0 Å². The van der Waals surface area contributed by atoms with Gasteiger partial charge in [0.2, 0.25) is 0 Å². The van der Waals surface area contributed by atoms with Crippen LogP contribution in [0.2, 0.25) is 0 Å². The lowest BCUT2D eigenvalue weighted by molar-refractivity contribution is 0.0997. The Morgan fingerprint density at radius 2 is 1.80 bits per heavy atom. The summed E-state index contributed by atoms with van der Waals surface area (Å²) in [6.07, 6.45) is 0. The molecule has 0 saturated carbocycles. The normalized spacial score (nSPS) is 10.7. The molecule has 1 amide bonds. The molecule has 3 aromatic rings. The fourth-order valence-electron chi connectivity index (χ4n) is 2.40. The van der Waals surface area contributed by atoms with Crippen LogP contribution in [0.25, 0.3) is 11.3 Å². The van der Waals surface area contributed by atoms with E-state index in [2.05, 4.69) is 53.1 Å². The summed E-state index contributed by atoms with van der Waals surface area (Å²) in [4.78, 5) is 12.5. The summed E-state index contributed by atoms with van der Waals surface area (Å²) >= 11 is 10.3. The number of hydrogen-bond donors (Lipinski definition) is 2. The number of carbonyl (C=O) groups excluding carboxylic acids is 1. The first-order valence-electron chi connectivity index (χ1n) is 7.27. The number of halogens is 3. The third-order valence-corrected chi connectivity index (χ3v) is 5.35. The molecule has 0 aliphatic heterocycles. The Morgan fingerprint density at radius 3 is 2.48 bits per heavy atom. The number of hydrogen-bond acceptors (Lipinski definition) is 3. The van der Waals surface area contributed by atoms with E-state index in [0.29, 0.717) is 17.1 Å². The summed E-state index contributed by atoms with van der Waals surface area (Å²) in [6.45, 7) is 1.88. The van der Waals surface area contributed by atoms with Crippen molar-refractivity contribution in [3.05, 3.63) is 67.2 Å². The van der Waals surface area contributed by atoms with E-state index < -0.39 is 0 Å². The molecule has 0 saturated heterocycles. The highest BCUT2D eigenvalue weighted by Crippen LogP contribution is 2.33. The monoisotopic (exact) mass is 526 g/mol. The van der Waals surface area contributed by atoms with Crippen molar-refractivity contribution in [2.24, 2.45) is 0 Å². The van der Waals surface area contributed by atoms with Gasteiger partial charge in [-0.1, -0.05) is 15.9 Å². The first-order chi connectivity index (χ1) is 11.8. The number of furan rings is 1. The van der Waals surface area contributed by atoms with Gasteiger partial charge >= 0.3 is 0 Å². The Hall–Kier alpha value is -1.57. The molecule has 4 nitrogen and oxygen atoms in total. The molecule has 0 aliphatic rings. The molecule has 2 aromatic carbocycles. The van der Waals surface area contributed by atoms with E-state index in [-0.39, 0.29) is 11.7 Å². The molecule has 0 bridgehead atoms. The molecule has 0 atom stereocenters. The van der Waals surface area contributed by atoms with Crippen LogP contribution in [0.4, 0.5) is 11.4 Å². The molecular formula is C18H13Br3N2O2. The van der Waals surface area contributed by atoms with Gasteiger partial charge < -0.3 is 15.5 Å². The highest BCUT2D eigenvalue weighted by atomic mass is 79.9. The highest BCUT2D eigenvalue weighted by molar-refractivity contribution is 9.11. The first kappa shape index (κ1) is 18.2. The van der Waals surface area contributed by atoms with Crippen LogP contribution in [0, 0.1) is 6.92 Å². The van der Waals surface area contributed by atoms with Crippen molar-refractivity contribution < 1.29 is 9.21 Å². The van der Waals surface area contributed by atoms with Gasteiger partial charge in [-0.15, -0.1) is 0 Å². The number of aryl methyl sites for hydroxylation is 1. The molecule has 0 fully saturated rings. The van der Waals surface area contributed by atoms with Crippen LogP contribution >= 0.6 is 47.8 Å². The average molecular weight is 529 g/mol. The molecule has 7 heteroatoms. The second-order valence-electron chi connectivity index (χ2n) is 5.44. The molecule has 3 rings (SSSR count). The summed E-state index contributed by atoms with van der Waals surface area (Å²) < 4.78 is 8.28. The smallest absolute Gasteiger partial charge is 0.291 e. The van der Waals surface area contributed by atoms with Crippen molar-refractivity contribution in [2.45, 2.75) is 6.92 Å². The van der Waals surface area contributed by atoms with E-state index in [1.807, 2.05) is 25.1 Å². The maximum atomic E-state index is 12.5. The van der Waals surface area contributed by atoms with Gasteiger partial charge in [0.05, 0.1) is 5.69 Å². The van der Waals surface area contributed by atoms with Crippen molar-refractivity contribution in [3.63, 3.8) is 0 Å². The molecule has 0 unspecified atom stereocenters. The quantitative estimate of drug-likeness (QED) is 0.388. The van der Waals surface area contributed by atoms with Crippen molar-refractivity contribution in [2.75, 3.05) is 11.1 Å². The topological polar surface area (TPSA) is 68.3 Å². The fraction of sp³-hybridized carbons (Fsp3) is 0.0556. The molecule has 1 aromatic heterocycles. The van der Waals surface area contributed by atoms with Crippen LogP contribution in [0.15, 0.2) is 60.3 Å². The summed E-state index contributed by atoms with van der Waals surface area (Å²) in [5.41, 5.74) is 8.82. The lowest BCUT2D eigenvalue weighted by atomic mass is 10.1. The van der Waals surface area contributed by atoms with Gasteiger partial charge in [0.15, 0.2) is 5.76 Å². The molecule has 25 heavy (non-hydrogen) atoms. The van der Waals surface area contributed by atoms with Crippen LogP contribution in [0.1, 0.15) is 16.1 Å². The highest BCUT2D eigenvalue weighted by Gasteiger charge is 2.16. The standard InChI is InChI=1S/C18H13Br3N2O2/c1-9-6-11(22)8-14(21)17(9)23-18(24)16-5-4-15(25-16)12-3-2-10(19)7-13(12)20/h2-8H,22H2,1H3,(H,23,24). The molecule has 3 N–H and O–H groups in total. The van der Waals surface area contributed by atoms with E-state index in [0.717, 1.165) is 24.5 Å². The lowest BCUT2D eigenvalue weighted by Gasteiger charge is -2.10. The Morgan fingerprint density at radius 1 is 1.04 bits per heavy atom. The Kier molecular flexibility index (Phi) is 5.36. The molecule has 128 valence electrons. The summed E-state index contributed by atoms with van der Waals surface area (Å²) in [5.74, 6) is 0.513. The predicted molar refractivity (Wildman–Crippen MR) is 111 cm³/mol. The van der Waals surface area contributed by atoms with Gasteiger partial charge in [0, 0.05) is 24.7 Å². The van der Waals surface area contributed by atoms with Crippen molar-refractivity contribution >= 4 is 65.1 Å². The maximum Gasteiger partial charge on any atom is 0.291 e. The Bertz CT molecular complexity index is 944. The van der Waals surface area contributed by atoms with Crippen LogP contribution in [0.3, 0.4) is 0 Å². The lowest BCUT2D eigenvalue weighted by Crippen LogP contribution is -2.12. The molecular weight excluding hydrogens is 516 g/mol. The zero-order valence-corrected chi connectivity index (χ0v) is 17.8. The third-order valence-electron chi connectivity index (χ3n) is 3.57. The second-order valence-corrected chi connectivity index (χ2v) is 8.06. The van der Waals surface area contributed by atoms with Crippen molar-refractivity contribution in [3.8, 4) is 11.3 Å². The van der Waals surface area contributed by atoms with E-state index in [1.165, 1.54) is 0 Å². The Labute approximate surface area is 170 Å². The maximum absolute atomic E-state index is 12.5. The zero-order chi connectivity index (χ0) is 18.1. The van der Waals surface area contributed by atoms with E-state index in [9.17, 15) is 4.79 Å². The number of anilines is 2. The van der Waals surface area contributed by atoms with Crippen molar-refractivity contribution in [1.82, 2.24) is 0 Å². The van der Waals surface area contributed by atoms with E-state index in [1.54, 1.807) is 24.3 Å². The second kappa shape index (κ2) is 7.35. The van der Waals surface area contributed by atoms with Crippen LogP contribution in [-0.2, 0) is 0 Å². The molecule has 0 spiro atoms. The summed E-state index contributed by atoms with van der Waals surface area (Å²) in [7, 11) is 0. The van der Waals surface area contributed by atoms with Gasteiger partial charge in [-0.05, 0) is 86.8 Å². The predicted octanol–water partition coefficient (Wildman–Crippen LogP) is 6.38. The van der Waals surface area contributed by atoms with Gasteiger partial charge in [-0.25, -0.2) is 0 Å². The number of rotatable bonds is 3. The minimum absolute atomic E-state index is 0.230. The van der Waals surface area contributed by atoms with Crippen LogP contribution in [0.5, 0.6) is 0 Å². The fourth-order valence-corrected chi connectivity index (χ4v) is 4.32. The molecule has 0 aliphatic carbocycles. The number of nitrogen functional groups attached to an aromatic ring is 1. The summed E-state index contributed by atoms with van der Waals surface area (Å²) in [6, 6.07) is 12.7. The van der Waals surface area contributed by atoms with Gasteiger partial charge in [-0.2, -0.15) is 0 Å². The van der Waals surface area contributed by atoms with Crippen molar-refractivity contribution in [1.29, 1.82) is 0 Å². The SMILES string of the molecule is Cc1cc(N)cc(Br)c1NC(=O)c1ccc(-c2ccc(Br)cc2Br)o1. The van der Waals surface area contributed by atoms with Gasteiger partial charge in [0.25, 0.3) is 5.91 Å². The number of carbonyl (C=O) groups is 1. The van der Waals surface area contributed by atoms with Crippen LogP contribution < -0.4 is 11.1 Å². The largest absolute Gasteiger partial charge is 0.451 e. The minimum atomic E-state index is -0.326. The summed E-state index contributed by atoms with van der Waals surface area (Å²) in [5, 5.41) is 2.86. The number of nitrogens with one attached hydrogen (secondary N) is 1. The number of nitrogens with two attached hydrogens (primary N) is 1. The molecule has 1 heterocycles. The Balaban J connectivity index is 1.86. The first-order valence-corrected chi connectivity index (χ1v) is 9.65. The average Bonchev–Trinajstić information content (AvgIpc) is 3.00.